The number of piperidine rings is 1. The minimum Gasteiger partial charge on any atom is -0.334 e. The van der Waals surface area contributed by atoms with Crippen molar-refractivity contribution in [3.05, 3.63) is 40.9 Å². The molecule has 3 aromatic rings. The van der Waals surface area contributed by atoms with Gasteiger partial charge < -0.3 is 9.84 Å². The Hall–Kier alpha value is -2.62. The molecular weight excluding hydrogens is 434 g/mol. The van der Waals surface area contributed by atoms with Crippen molar-refractivity contribution in [3.63, 3.8) is 0 Å². The Balaban J connectivity index is 0.00000218. The average molecular weight is 451 g/mol. The number of nitrogens with zero attached hydrogens (tertiary/aromatic N) is 5. The molecular formula is C19H17Cl2FN6O2. The quantitative estimate of drug-likeness (QED) is 0.657. The summed E-state index contributed by atoms with van der Waals surface area (Å²) in [6.45, 7) is 1.75. The van der Waals surface area contributed by atoms with Gasteiger partial charge in [-0.3, -0.25) is 4.79 Å². The molecule has 1 saturated heterocycles. The van der Waals surface area contributed by atoms with Crippen LogP contribution in [0.5, 0.6) is 0 Å². The third-order valence-corrected chi connectivity index (χ3v) is 5.41. The predicted molar refractivity (Wildman–Crippen MR) is 110 cm³/mol. The molecule has 30 heavy (non-hydrogen) atoms. The van der Waals surface area contributed by atoms with Gasteiger partial charge in [0.1, 0.15) is 11.7 Å². The van der Waals surface area contributed by atoms with Gasteiger partial charge in [-0.05, 0) is 44.1 Å². The number of aliphatic imine (C=N–C) groups is 1. The number of carbonyl (C=O) groups excluding carboxylic acids is 1. The molecule has 11 heteroatoms. The molecule has 4 heterocycles. The first-order valence-corrected chi connectivity index (χ1v) is 9.67. The van der Waals surface area contributed by atoms with Crippen LogP contribution in [0.4, 0.5) is 4.39 Å². The predicted octanol–water partition coefficient (Wildman–Crippen LogP) is 3.14. The van der Waals surface area contributed by atoms with Crippen LogP contribution in [0.15, 0.2) is 33.9 Å². The lowest BCUT2D eigenvalue weighted by atomic mass is 9.95. The number of nitrogens with one attached hydrogen (secondary N) is 1. The van der Waals surface area contributed by atoms with Crippen LogP contribution >= 0.6 is 24.0 Å². The third-order valence-electron chi connectivity index (χ3n) is 5.17. The van der Waals surface area contributed by atoms with Gasteiger partial charge in [-0.25, -0.2) is 9.07 Å². The Kier molecular flexibility index (Phi) is 5.68. The normalized spacial score (nSPS) is 16.7. The van der Waals surface area contributed by atoms with E-state index in [9.17, 15) is 9.18 Å². The summed E-state index contributed by atoms with van der Waals surface area (Å²) in [6, 6.07) is 4.11. The van der Waals surface area contributed by atoms with E-state index >= 15 is 0 Å². The summed E-state index contributed by atoms with van der Waals surface area (Å²) in [7, 11) is 0. The fraction of sp³-hybridized carbons (Fsp3) is 0.316. The maximum Gasteiger partial charge on any atom is 0.261 e. The van der Waals surface area contributed by atoms with Crippen molar-refractivity contribution < 1.29 is 13.7 Å². The fourth-order valence-corrected chi connectivity index (χ4v) is 3.91. The molecule has 156 valence electrons. The Bertz CT molecular complexity index is 1140. The van der Waals surface area contributed by atoms with Gasteiger partial charge >= 0.3 is 0 Å². The van der Waals surface area contributed by atoms with Gasteiger partial charge in [-0.15, -0.1) is 12.4 Å². The van der Waals surface area contributed by atoms with Crippen molar-refractivity contribution in [3.8, 4) is 22.8 Å². The molecule has 0 radical (unpaired) electrons. The lowest BCUT2D eigenvalue weighted by molar-refractivity contribution is -0.117. The van der Waals surface area contributed by atoms with Crippen molar-refractivity contribution in [1.29, 1.82) is 0 Å². The van der Waals surface area contributed by atoms with E-state index in [0.717, 1.165) is 25.9 Å². The summed E-state index contributed by atoms with van der Waals surface area (Å²) in [5.74, 6) is 0.325. The van der Waals surface area contributed by atoms with Gasteiger partial charge in [-0.2, -0.15) is 15.1 Å². The lowest BCUT2D eigenvalue weighted by Crippen LogP contribution is -2.38. The van der Waals surface area contributed by atoms with Crippen molar-refractivity contribution >= 4 is 35.8 Å². The second-order valence-corrected chi connectivity index (χ2v) is 7.47. The Morgan fingerprint density at radius 2 is 2.03 bits per heavy atom. The highest BCUT2D eigenvalue weighted by atomic mass is 35.5. The highest BCUT2D eigenvalue weighted by Crippen LogP contribution is 2.30. The molecule has 0 bridgehead atoms. The van der Waals surface area contributed by atoms with Crippen LogP contribution in [0, 0.1) is 11.7 Å². The fourth-order valence-electron chi connectivity index (χ4n) is 3.73. The summed E-state index contributed by atoms with van der Waals surface area (Å²) < 4.78 is 21.1. The molecule has 0 saturated carbocycles. The van der Waals surface area contributed by atoms with E-state index < -0.39 is 5.82 Å². The minimum absolute atomic E-state index is 0. The molecule has 5 rings (SSSR count). The number of aromatic nitrogens is 4. The van der Waals surface area contributed by atoms with Crippen LogP contribution in [-0.2, 0) is 11.2 Å². The zero-order valence-corrected chi connectivity index (χ0v) is 17.2. The number of hydrogen-bond acceptors (Lipinski definition) is 6. The second-order valence-electron chi connectivity index (χ2n) is 7.03. The van der Waals surface area contributed by atoms with Crippen LogP contribution in [-0.4, -0.2) is 44.8 Å². The van der Waals surface area contributed by atoms with Crippen molar-refractivity contribution in [2.45, 2.75) is 19.3 Å². The molecule has 2 aromatic heterocycles. The zero-order chi connectivity index (χ0) is 20.0. The Labute approximate surface area is 181 Å². The highest BCUT2D eigenvalue weighted by Gasteiger charge is 2.31. The molecule has 1 N–H and O–H groups in total. The summed E-state index contributed by atoms with van der Waals surface area (Å²) in [4.78, 5) is 20.9. The number of hydrogen-bond donors (Lipinski definition) is 1. The van der Waals surface area contributed by atoms with Crippen LogP contribution in [0.25, 0.3) is 22.8 Å². The molecule has 0 spiro atoms. The summed E-state index contributed by atoms with van der Waals surface area (Å²) in [6.07, 6.45) is 3.47. The molecule has 8 nitrogen and oxygen atoms in total. The summed E-state index contributed by atoms with van der Waals surface area (Å²) in [5, 5.41) is 12.1. The Morgan fingerprint density at radius 3 is 2.83 bits per heavy atom. The molecule has 0 aliphatic carbocycles. The second kappa shape index (κ2) is 8.25. The topological polar surface area (TPSA) is 98.2 Å². The molecule has 1 amide bonds. The zero-order valence-electron chi connectivity index (χ0n) is 15.6. The van der Waals surface area contributed by atoms with Crippen LogP contribution in [0.3, 0.4) is 0 Å². The molecule has 0 atom stereocenters. The molecule has 2 aliphatic heterocycles. The number of benzene rings is 1. The van der Waals surface area contributed by atoms with Crippen LogP contribution < -0.4 is 5.32 Å². The smallest absolute Gasteiger partial charge is 0.261 e. The number of halogens is 3. The average Bonchev–Trinajstić information content (AvgIpc) is 3.37. The van der Waals surface area contributed by atoms with Crippen molar-refractivity contribution in [2.75, 3.05) is 13.1 Å². The first kappa shape index (κ1) is 20.6. The molecule has 1 fully saturated rings. The number of rotatable bonds is 3. The first-order chi connectivity index (χ1) is 14.1. The maximum atomic E-state index is 14.1. The SMILES string of the molecule is Cl.O=C1Cc2c(-c3noc(-c4cc(Cl)ccc4F)n3)cnn2C(C2CCNCC2)=N1. The highest BCUT2D eigenvalue weighted by molar-refractivity contribution is 6.30. The lowest BCUT2D eigenvalue weighted by Gasteiger charge is -2.26. The van der Waals surface area contributed by atoms with E-state index in [4.69, 9.17) is 16.1 Å². The van der Waals surface area contributed by atoms with E-state index in [2.05, 4.69) is 25.5 Å². The van der Waals surface area contributed by atoms with Crippen molar-refractivity contribution in [1.82, 2.24) is 25.2 Å². The van der Waals surface area contributed by atoms with Crippen molar-refractivity contribution in [2.24, 2.45) is 10.9 Å². The number of carbonyl (C=O) groups is 1. The molecule has 1 aromatic carbocycles. The minimum atomic E-state index is -0.517. The van der Waals surface area contributed by atoms with Gasteiger partial charge in [0.25, 0.3) is 11.8 Å². The number of fused-ring (bicyclic) bond motifs is 1. The van der Waals surface area contributed by atoms with Gasteiger partial charge in [-0.1, -0.05) is 16.8 Å². The Morgan fingerprint density at radius 1 is 1.23 bits per heavy atom. The largest absolute Gasteiger partial charge is 0.334 e. The standard InChI is InChI=1S/C19H16ClFN6O2.ClH/c20-11-1-2-14(21)12(7-11)19-25-17(26-29-19)13-9-23-27-15(13)8-16(28)24-18(27)10-3-5-22-6-4-10;/h1-2,7,9-10,22H,3-6,8H2;1H. The summed E-state index contributed by atoms with van der Waals surface area (Å²) >= 11 is 5.95. The van der Waals surface area contributed by atoms with Gasteiger partial charge in [0.2, 0.25) is 5.82 Å². The van der Waals surface area contributed by atoms with Gasteiger partial charge in [0.15, 0.2) is 0 Å². The number of amides is 1. The van der Waals surface area contributed by atoms with Crippen LogP contribution in [0.2, 0.25) is 5.02 Å². The third kappa shape index (κ3) is 3.64. The van der Waals surface area contributed by atoms with E-state index in [-0.39, 0.29) is 47.9 Å². The first-order valence-electron chi connectivity index (χ1n) is 9.29. The molecule has 0 unspecified atom stereocenters. The maximum absolute atomic E-state index is 14.1. The van der Waals surface area contributed by atoms with Crippen LogP contribution in [0.1, 0.15) is 18.5 Å². The van der Waals surface area contributed by atoms with E-state index in [1.54, 1.807) is 10.9 Å². The van der Waals surface area contributed by atoms with E-state index in [1.807, 2.05) is 0 Å². The molecule has 2 aliphatic rings. The van der Waals surface area contributed by atoms with Gasteiger partial charge in [0.05, 0.1) is 29.4 Å². The van der Waals surface area contributed by atoms with Gasteiger partial charge in [0, 0.05) is 10.9 Å². The van der Waals surface area contributed by atoms with E-state index in [0.29, 0.717) is 22.1 Å². The summed E-state index contributed by atoms with van der Waals surface area (Å²) in [5.41, 5.74) is 1.35. The van der Waals surface area contributed by atoms with E-state index in [1.165, 1.54) is 18.2 Å². The monoisotopic (exact) mass is 450 g/mol.